The van der Waals surface area contributed by atoms with E-state index in [2.05, 4.69) is 27.1 Å². The van der Waals surface area contributed by atoms with E-state index in [1.54, 1.807) is 0 Å². The predicted octanol–water partition coefficient (Wildman–Crippen LogP) is 0.672. The van der Waals surface area contributed by atoms with Gasteiger partial charge in [0, 0.05) is 18.8 Å². The number of anilines is 1. The third-order valence-corrected chi connectivity index (χ3v) is 3.72. The van der Waals surface area contributed by atoms with Gasteiger partial charge in [-0.05, 0) is 32.4 Å². The topological polar surface area (TPSA) is 93.4 Å². The first-order chi connectivity index (χ1) is 10.2. The Hall–Kier alpha value is -1.89. The number of hydrogen-bond donors (Lipinski definition) is 2. The summed E-state index contributed by atoms with van der Waals surface area (Å²) in [6.45, 7) is 4.99. The highest BCUT2D eigenvalue weighted by molar-refractivity contribution is 5.96. The largest absolute Gasteiger partial charge is 0.480 e. The molecular weight excluding hydrogens is 270 g/mol. The molecule has 0 bridgehead atoms. The van der Waals surface area contributed by atoms with Gasteiger partial charge in [-0.1, -0.05) is 6.92 Å². The molecule has 1 fully saturated rings. The summed E-state index contributed by atoms with van der Waals surface area (Å²) in [6.07, 6.45) is 4.84. The summed E-state index contributed by atoms with van der Waals surface area (Å²) in [4.78, 5) is 22.4. The van der Waals surface area contributed by atoms with Crippen molar-refractivity contribution in [2.24, 2.45) is 0 Å². The zero-order valence-corrected chi connectivity index (χ0v) is 12.6. The van der Waals surface area contributed by atoms with Crippen LogP contribution in [0.5, 0.6) is 5.88 Å². The van der Waals surface area contributed by atoms with Crippen molar-refractivity contribution >= 4 is 11.9 Å². The Morgan fingerprint density at radius 2 is 2.43 bits per heavy atom. The molecule has 7 heteroatoms. The van der Waals surface area contributed by atoms with Crippen molar-refractivity contribution in [3.63, 3.8) is 0 Å². The SMILES string of the molecule is CCCN1CCCC1CNC(=O)c1cnc(N)nc1OC. The molecule has 1 aromatic rings. The summed E-state index contributed by atoms with van der Waals surface area (Å²) in [5.74, 6) is 0.0698. The number of ether oxygens (including phenoxy) is 1. The lowest BCUT2D eigenvalue weighted by atomic mass is 10.2. The third kappa shape index (κ3) is 3.81. The minimum absolute atomic E-state index is 0.0910. The van der Waals surface area contributed by atoms with Gasteiger partial charge in [0.25, 0.3) is 5.91 Å². The zero-order chi connectivity index (χ0) is 15.2. The number of carbonyl (C=O) groups excluding carboxylic acids is 1. The normalized spacial score (nSPS) is 18.7. The van der Waals surface area contributed by atoms with Crippen LogP contribution in [0.1, 0.15) is 36.5 Å². The summed E-state index contributed by atoms with van der Waals surface area (Å²) in [7, 11) is 1.46. The highest BCUT2D eigenvalue weighted by atomic mass is 16.5. The van der Waals surface area contributed by atoms with Crippen LogP contribution in [-0.4, -0.2) is 53.6 Å². The number of aromatic nitrogens is 2. The second-order valence-corrected chi connectivity index (χ2v) is 5.19. The van der Waals surface area contributed by atoms with Crippen molar-refractivity contribution in [2.75, 3.05) is 32.5 Å². The molecule has 116 valence electrons. The minimum Gasteiger partial charge on any atom is -0.480 e. The van der Waals surface area contributed by atoms with Gasteiger partial charge >= 0.3 is 0 Å². The van der Waals surface area contributed by atoms with Gasteiger partial charge in [-0.25, -0.2) is 4.98 Å². The lowest BCUT2D eigenvalue weighted by molar-refractivity contribution is 0.0936. The Bertz CT molecular complexity index is 494. The van der Waals surface area contributed by atoms with Crippen LogP contribution in [0.4, 0.5) is 5.95 Å². The monoisotopic (exact) mass is 293 g/mol. The Labute approximate surface area is 124 Å². The van der Waals surface area contributed by atoms with E-state index in [1.807, 2.05) is 0 Å². The van der Waals surface area contributed by atoms with Gasteiger partial charge in [0.2, 0.25) is 11.8 Å². The fraction of sp³-hybridized carbons (Fsp3) is 0.643. The van der Waals surface area contributed by atoms with Gasteiger partial charge in [-0.15, -0.1) is 0 Å². The molecule has 1 amide bonds. The number of nitrogens with one attached hydrogen (secondary N) is 1. The van der Waals surface area contributed by atoms with Crippen LogP contribution in [0.3, 0.4) is 0 Å². The van der Waals surface area contributed by atoms with Gasteiger partial charge in [0.05, 0.1) is 7.11 Å². The Kier molecular flexibility index (Phi) is 5.32. The number of carbonyl (C=O) groups is 1. The summed E-state index contributed by atoms with van der Waals surface area (Å²) >= 11 is 0. The molecule has 2 heterocycles. The maximum Gasteiger partial charge on any atom is 0.258 e. The first-order valence-corrected chi connectivity index (χ1v) is 7.34. The number of rotatable bonds is 6. The molecule has 3 N–H and O–H groups in total. The number of hydrogen-bond acceptors (Lipinski definition) is 6. The average molecular weight is 293 g/mol. The molecule has 0 aliphatic carbocycles. The van der Waals surface area contributed by atoms with Gasteiger partial charge < -0.3 is 15.8 Å². The van der Waals surface area contributed by atoms with E-state index in [0.717, 1.165) is 25.9 Å². The molecule has 1 aromatic heterocycles. The molecule has 7 nitrogen and oxygen atoms in total. The molecule has 1 aliphatic rings. The van der Waals surface area contributed by atoms with Crippen LogP contribution in [0.15, 0.2) is 6.20 Å². The van der Waals surface area contributed by atoms with Crippen LogP contribution in [0.25, 0.3) is 0 Å². The Balaban J connectivity index is 1.95. The van der Waals surface area contributed by atoms with Crippen molar-refractivity contribution in [1.82, 2.24) is 20.2 Å². The quantitative estimate of drug-likeness (QED) is 0.801. The number of amides is 1. The van der Waals surface area contributed by atoms with Crippen molar-refractivity contribution in [1.29, 1.82) is 0 Å². The van der Waals surface area contributed by atoms with Crippen molar-refractivity contribution in [3.8, 4) is 5.88 Å². The molecule has 0 spiro atoms. The van der Waals surface area contributed by atoms with E-state index in [0.29, 0.717) is 18.2 Å². The van der Waals surface area contributed by atoms with Gasteiger partial charge in [-0.3, -0.25) is 9.69 Å². The van der Waals surface area contributed by atoms with Gasteiger partial charge in [-0.2, -0.15) is 4.98 Å². The average Bonchev–Trinajstić information content (AvgIpc) is 2.92. The Morgan fingerprint density at radius 1 is 1.62 bits per heavy atom. The number of nitrogen functional groups attached to an aromatic ring is 1. The summed E-state index contributed by atoms with van der Waals surface area (Å²) < 4.78 is 5.08. The molecule has 1 atom stereocenters. The second-order valence-electron chi connectivity index (χ2n) is 5.19. The molecular formula is C14H23N5O2. The molecule has 0 saturated carbocycles. The lowest BCUT2D eigenvalue weighted by Gasteiger charge is -2.24. The Morgan fingerprint density at radius 3 is 3.14 bits per heavy atom. The van der Waals surface area contributed by atoms with Crippen LogP contribution < -0.4 is 15.8 Å². The molecule has 21 heavy (non-hydrogen) atoms. The fourth-order valence-electron chi connectivity index (χ4n) is 2.70. The van der Waals surface area contributed by atoms with E-state index in [-0.39, 0.29) is 17.7 Å². The van der Waals surface area contributed by atoms with Crippen LogP contribution in [0.2, 0.25) is 0 Å². The fourth-order valence-corrected chi connectivity index (χ4v) is 2.70. The number of likely N-dealkylation sites (tertiary alicyclic amines) is 1. The van der Waals surface area contributed by atoms with Gasteiger partial charge in [0.15, 0.2) is 0 Å². The molecule has 0 radical (unpaired) electrons. The van der Waals surface area contributed by atoms with E-state index < -0.39 is 0 Å². The van der Waals surface area contributed by atoms with E-state index >= 15 is 0 Å². The maximum absolute atomic E-state index is 12.2. The lowest BCUT2D eigenvalue weighted by Crippen LogP contribution is -2.40. The van der Waals surface area contributed by atoms with E-state index in [9.17, 15) is 4.79 Å². The molecule has 2 rings (SSSR count). The van der Waals surface area contributed by atoms with Gasteiger partial charge in [0.1, 0.15) is 5.56 Å². The minimum atomic E-state index is -0.227. The second kappa shape index (κ2) is 7.21. The van der Waals surface area contributed by atoms with E-state index in [1.165, 1.54) is 19.7 Å². The van der Waals surface area contributed by atoms with E-state index in [4.69, 9.17) is 10.5 Å². The maximum atomic E-state index is 12.2. The van der Waals surface area contributed by atoms with Crippen molar-refractivity contribution < 1.29 is 9.53 Å². The number of nitrogens with zero attached hydrogens (tertiary/aromatic N) is 3. The highest BCUT2D eigenvalue weighted by Crippen LogP contribution is 2.18. The predicted molar refractivity (Wildman–Crippen MR) is 80.2 cm³/mol. The smallest absolute Gasteiger partial charge is 0.258 e. The van der Waals surface area contributed by atoms with Crippen LogP contribution in [-0.2, 0) is 0 Å². The third-order valence-electron chi connectivity index (χ3n) is 3.72. The molecule has 1 aliphatic heterocycles. The van der Waals surface area contributed by atoms with Crippen LogP contribution in [0, 0.1) is 0 Å². The summed E-state index contributed by atoms with van der Waals surface area (Å²) in [6, 6.07) is 0.412. The van der Waals surface area contributed by atoms with Crippen molar-refractivity contribution in [2.45, 2.75) is 32.2 Å². The zero-order valence-electron chi connectivity index (χ0n) is 12.6. The standard InChI is InChI=1S/C14H23N5O2/c1-3-6-19-7-4-5-10(19)8-16-12(20)11-9-17-14(15)18-13(11)21-2/h9-10H,3-8H2,1-2H3,(H,16,20)(H2,15,17,18). The summed E-state index contributed by atoms with van der Waals surface area (Å²) in [5.41, 5.74) is 5.80. The summed E-state index contributed by atoms with van der Waals surface area (Å²) in [5, 5.41) is 2.94. The molecule has 0 aromatic carbocycles. The number of methoxy groups -OCH3 is 1. The molecule has 1 saturated heterocycles. The number of nitrogens with two attached hydrogens (primary N) is 1. The van der Waals surface area contributed by atoms with Crippen LogP contribution >= 0.6 is 0 Å². The highest BCUT2D eigenvalue weighted by Gasteiger charge is 2.24. The molecule has 1 unspecified atom stereocenters. The first kappa shape index (κ1) is 15.5. The van der Waals surface area contributed by atoms with Crippen molar-refractivity contribution in [3.05, 3.63) is 11.8 Å². The first-order valence-electron chi connectivity index (χ1n) is 7.34.